The van der Waals surface area contributed by atoms with Crippen LogP contribution in [0.15, 0.2) is 30.5 Å². The van der Waals surface area contributed by atoms with E-state index >= 15 is 0 Å². The molecule has 8 nitrogen and oxygen atoms in total. The van der Waals surface area contributed by atoms with Gasteiger partial charge in [0.25, 0.3) is 0 Å². The fraction of sp³-hybridized carbons (Fsp3) is 0.350. The van der Waals surface area contributed by atoms with Crippen LogP contribution in [0.1, 0.15) is 12.7 Å². The molecule has 0 unspecified atom stereocenters. The highest BCUT2D eigenvalue weighted by atomic mass is 35.5. The lowest BCUT2D eigenvalue weighted by atomic mass is 10.1. The molecular weight excluding hydrogens is 407 g/mol. The third-order valence-corrected chi connectivity index (χ3v) is 5.17. The van der Waals surface area contributed by atoms with Crippen LogP contribution in [0.4, 0.5) is 22.2 Å². The molecule has 1 aliphatic rings. The lowest BCUT2D eigenvalue weighted by Gasteiger charge is -2.32. The molecule has 2 aromatic heterocycles. The van der Waals surface area contributed by atoms with Crippen molar-refractivity contribution >= 4 is 29.4 Å². The van der Waals surface area contributed by atoms with E-state index in [-0.39, 0.29) is 5.02 Å². The summed E-state index contributed by atoms with van der Waals surface area (Å²) in [7, 11) is 2.10. The first kappa shape index (κ1) is 20.4. The molecule has 10 heteroatoms. The lowest BCUT2D eigenvalue weighted by molar-refractivity contribution is 0.311. The number of nitrogens with zero attached hydrogens (tertiary/aromatic N) is 7. The molecule has 1 aliphatic heterocycles. The highest BCUT2D eigenvalue weighted by molar-refractivity contribution is 6.30. The first-order valence-electron chi connectivity index (χ1n) is 9.76. The molecule has 1 saturated heterocycles. The van der Waals surface area contributed by atoms with Gasteiger partial charge in [-0.25, -0.2) is 14.4 Å². The summed E-state index contributed by atoms with van der Waals surface area (Å²) >= 11 is 5.77. The fourth-order valence-corrected chi connectivity index (χ4v) is 3.22. The lowest BCUT2D eigenvalue weighted by Crippen LogP contribution is -2.45. The molecule has 0 amide bonds. The predicted molar refractivity (Wildman–Crippen MR) is 115 cm³/mol. The number of aryl methyl sites for hydroxylation is 1. The number of piperazine rings is 1. The number of nitrogens with one attached hydrogen (secondary N) is 1. The molecule has 30 heavy (non-hydrogen) atoms. The van der Waals surface area contributed by atoms with Gasteiger partial charge in [-0.1, -0.05) is 24.6 Å². The molecule has 3 heterocycles. The van der Waals surface area contributed by atoms with Crippen molar-refractivity contribution in [3.63, 3.8) is 0 Å². The third kappa shape index (κ3) is 4.63. The average molecular weight is 429 g/mol. The SMILES string of the molecule is CCc1nc(Nc2nccc(-c3ccc(Cl)c(F)c3)n2)nc(N2CCN(C)CC2)n1. The summed E-state index contributed by atoms with van der Waals surface area (Å²) in [6, 6.07) is 6.26. The van der Waals surface area contributed by atoms with E-state index in [1.165, 1.54) is 12.1 Å². The second-order valence-electron chi connectivity index (χ2n) is 7.04. The summed E-state index contributed by atoms with van der Waals surface area (Å²) in [6.45, 7) is 5.63. The van der Waals surface area contributed by atoms with Gasteiger partial charge < -0.3 is 9.80 Å². The minimum absolute atomic E-state index is 0.0693. The second kappa shape index (κ2) is 8.85. The van der Waals surface area contributed by atoms with Crippen LogP contribution >= 0.6 is 11.6 Å². The molecule has 156 valence electrons. The van der Waals surface area contributed by atoms with Crippen molar-refractivity contribution < 1.29 is 4.39 Å². The van der Waals surface area contributed by atoms with Crippen LogP contribution in [0, 0.1) is 5.82 Å². The smallest absolute Gasteiger partial charge is 0.234 e. The Bertz CT molecular complexity index is 1040. The van der Waals surface area contributed by atoms with Crippen LogP contribution in [0.2, 0.25) is 5.02 Å². The quantitative estimate of drug-likeness (QED) is 0.663. The normalized spacial score (nSPS) is 14.7. The van der Waals surface area contributed by atoms with Crippen LogP contribution in [0.3, 0.4) is 0 Å². The van der Waals surface area contributed by atoms with Gasteiger partial charge in [-0.2, -0.15) is 15.0 Å². The van der Waals surface area contributed by atoms with Crippen molar-refractivity contribution in [2.24, 2.45) is 0 Å². The van der Waals surface area contributed by atoms with Gasteiger partial charge in [0.1, 0.15) is 11.6 Å². The summed E-state index contributed by atoms with van der Waals surface area (Å²) in [5.74, 6) is 1.55. The van der Waals surface area contributed by atoms with Crippen molar-refractivity contribution in [1.82, 2.24) is 29.8 Å². The summed E-state index contributed by atoms with van der Waals surface area (Å²) in [4.78, 5) is 26.7. The Kier molecular flexibility index (Phi) is 6.01. The number of hydrogen-bond donors (Lipinski definition) is 1. The first-order valence-corrected chi connectivity index (χ1v) is 10.1. The number of anilines is 3. The molecule has 0 saturated carbocycles. The van der Waals surface area contributed by atoms with Crippen LogP contribution in [0.25, 0.3) is 11.3 Å². The maximum atomic E-state index is 13.8. The maximum absolute atomic E-state index is 13.8. The van der Waals surface area contributed by atoms with Gasteiger partial charge in [0, 0.05) is 44.4 Å². The Morgan fingerprint density at radius 2 is 1.83 bits per heavy atom. The van der Waals surface area contributed by atoms with Crippen molar-refractivity contribution in [3.8, 4) is 11.3 Å². The molecule has 0 atom stereocenters. The Morgan fingerprint density at radius 1 is 1.03 bits per heavy atom. The Morgan fingerprint density at radius 3 is 2.57 bits per heavy atom. The molecule has 1 aromatic carbocycles. The van der Waals surface area contributed by atoms with Crippen molar-refractivity contribution in [1.29, 1.82) is 0 Å². The van der Waals surface area contributed by atoms with Gasteiger partial charge >= 0.3 is 0 Å². The van der Waals surface area contributed by atoms with E-state index in [0.717, 1.165) is 26.2 Å². The molecule has 0 bridgehead atoms. The van der Waals surface area contributed by atoms with Gasteiger partial charge in [0.05, 0.1) is 10.7 Å². The van der Waals surface area contributed by atoms with E-state index in [1.54, 1.807) is 18.3 Å². The number of benzene rings is 1. The second-order valence-corrected chi connectivity index (χ2v) is 7.45. The van der Waals surface area contributed by atoms with Gasteiger partial charge in [-0.3, -0.25) is 5.32 Å². The minimum Gasteiger partial charge on any atom is -0.338 e. The van der Waals surface area contributed by atoms with Crippen LogP contribution in [-0.4, -0.2) is 63.0 Å². The highest BCUT2D eigenvalue weighted by Gasteiger charge is 2.18. The molecule has 1 fully saturated rings. The van der Waals surface area contributed by atoms with Crippen LogP contribution in [-0.2, 0) is 6.42 Å². The molecule has 3 aromatic rings. The number of halogens is 2. The Labute approximate surface area is 179 Å². The van der Waals surface area contributed by atoms with Crippen LogP contribution in [0.5, 0.6) is 0 Å². The number of likely N-dealkylation sites (N-methyl/N-ethyl adjacent to an activating group) is 1. The van der Waals surface area contributed by atoms with E-state index in [9.17, 15) is 4.39 Å². The predicted octanol–water partition coefficient (Wildman–Crippen LogP) is 3.18. The highest BCUT2D eigenvalue weighted by Crippen LogP contribution is 2.24. The van der Waals surface area contributed by atoms with Crippen molar-refractivity contribution in [3.05, 3.63) is 47.1 Å². The molecule has 0 aliphatic carbocycles. The molecule has 4 rings (SSSR count). The molecule has 0 radical (unpaired) electrons. The average Bonchev–Trinajstić information content (AvgIpc) is 2.76. The molecule has 1 N–H and O–H groups in total. The first-order chi connectivity index (χ1) is 14.5. The zero-order valence-electron chi connectivity index (χ0n) is 16.8. The monoisotopic (exact) mass is 428 g/mol. The Hall–Kier alpha value is -2.91. The van der Waals surface area contributed by atoms with Gasteiger partial charge in [0.15, 0.2) is 0 Å². The van der Waals surface area contributed by atoms with Gasteiger partial charge in [-0.15, -0.1) is 0 Å². The van der Waals surface area contributed by atoms with Gasteiger partial charge in [0.2, 0.25) is 17.8 Å². The fourth-order valence-electron chi connectivity index (χ4n) is 3.10. The zero-order valence-corrected chi connectivity index (χ0v) is 17.6. The summed E-state index contributed by atoms with van der Waals surface area (Å²) in [5.41, 5.74) is 1.16. The summed E-state index contributed by atoms with van der Waals surface area (Å²) < 4.78 is 13.8. The van der Waals surface area contributed by atoms with E-state index in [0.29, 0.717) is 41.3 Å². The zero-order chi connectivity index (χ0) is 21.1. The standard InChI is InChI=1S/C20H22ClFN8/c1-3-17-25-19(28-20(26-17)30-10-8-29(2)9-11-30)27-18-23-7-6-16(24-18)13-4-5-14(21)15(22)12-13/h4-7,12H,3,8-11H2,1-2H3,(H,23,24,25,26,27,28). The number of rotatable bonds is 5. The molecule has 0 spiro atoms. The Balaban J connectivity index is 1.59. The van der Waals surface area contributed by atoms with E-state index in [4.69, 9.17) is 11.6 Å². The summed E-state index contributed by atoms with van der Waals surface area (Å²) in [5, 5.41) is 3.13. The summed E-state index contributed by atoms with van der Waals surface area (Å²) in [6.07, 6.45) is 2.28. The van der Waals surface area contributed by atoms with Crippen LogP contribution < -0.4 is 10.2 Å². The third-order valence-electron chi connectivity index (χ3n) is 4.87. The maximum Gasteiger partial charge on any atom is 0.234 e. The van der Waals surface area contributed by atoms with E-state index < -0.39 is 5.82 Å². The topological polar surface area (TPSA) is 83.0 Å². The van der Waals surface area contributed by atoms with E-state index in [2.05, 4.69) is 47.1 Å². The van der Waals surface area contributed by atoms with Crippen molar-refractivity contribution in [2.45, 2.75) is 13.3 Å². The number of aromatic nitrogens is 5. The van der Waals surface area contributed by atoms with E-state index in [1.807, 2.05) is 6.92 Å². The van der Waals surface area contributed by atoms with Gasteiger partial charge in [-0.05, 0) is 25.2 Å². The minimum atomic E-state index is -0.496. The largest absolute Gasteiger partial charge is 0.338 e. The van der Waals surface area contributed by atoms with Crippen molar-refractivity contribution in [2.75, 3.05) is 43.4 Å². The number of hydrogen-bond acceptors (Lipinski definition) is 8. The molecular formula is C20H22ClFN8.